The Kier molecular flexibility index (Phi) is 5.58. The van der Waals surface area contributed by atoms with Gasteiger partial charge in [0.25, 0.3) is 0 Å². The fourth-order valence-corrected chi connectivity index (χ4v) is 2.56. The minimum absolute atomic E-state index is 0.0223. The average Bonchev–Trinajstić information content (AvgIpc) is 2.89. The summed E-state index contributed by atoms with van der Waals surface area (Å²) in [6.07, 6.45) is 1.69. The van der Waals surface area contributed by atoms with Gasteiger partial charge in [-0.3, -0.25) is 19.5 Å². The number of aromatic amines is 1. The Morgan fingerprint density at radius 3 is 2.46 bits per heavy atom. The molecule has 0 bridgehead atoms. The van der Waals surface area contributed by atoms with Crippen molar-refractivity contribution in [3.8, 4) is 0 Å². The molecule has 1 aromatic rings. The fraction of sp³-hybridized carbons (Fsp3) is 0.625. The smallest absolute Gasteiger partial charge is 0.247 e. The molecule has 24 heavy (non-hydrogen) atoms. The molecule has 8 heteroatoms. The summed E-state index contributed by atoms with van der Waals surface area (Å²) >= 11 is 0. The third-order valence-electron chi connectivity index (χ3n) is 4.10. The van der Waals surface area contributed by atoms with E-state index in [9.17, 15) is 14.4 Å². The van der Waals surface area contributed by atoms with Crippen LogP contribution in [0.1, 0.15) is 52.1 Å². The van der Waals surface area contributed by atoms with Gasteiger partial charge in [-0.15, -0.1) is 0 Å². The number of carbonyl (C=O) groups is 3. The molecule has 2 rings (SSSR count). The van der Waals surface area contributed by atoms with Crippen LogP contribution < -0.4 is 16.0 Å². The molecule has 8 nitrogen and oxygen atoms in total. The number of amides is 3. The first kappa shape index (κ1) is 18.0. The second-order valence-electron chi connectivity index (χ2n) is 6.65. The van der Waals surface area contributed by atoms with Crippen LogP contribution in [0.15, 0.2) is 6.07 Å². The van der Waals surface area contributed by atoms with E-state index in [1.165, 1.54) is 6.92 Å². The molecule has 1 heterocycles. The highest BCUT2D eigenvalue weighted by Gasteiger charge is 2.32. The minimum Gasteiger partial charge on any atom is -0.354 e. The van der Waals surface area contributed by atoms with Crippen molar-refractivity contribution >= 4 is 23.5 Å². The molecule has 0 radical (unpaired) electrons. The maximum absolute atomic E-state index is 12.1. The third kappa shape index (κ3) is 4.56. The quantitative estimate of drug-likeness (QED) is 0.618. The Labute approximate surface area is 141 Å². The lowest BCUT2D eigenvalue weighted by Gasteiger charge is -2.34. The molecule has 132 valence electrons. The van der Waals surface area contributed by atoms with Crippen LogP contribution in [0.4, 0.5) is 5.82 Å². The van der Waals surface area contributed by atoms with Gasteiger partial charge < -0.3 is 16.0 Å². The standard InChI is InChI=1S/C16H25N5O3/c1-8(2)15(23)17-9(3)16(24)19-14-7-13(20-21-14)11-5-12(6-11)18-10(4)22/h7-9,11-12H,5-6H2,1-4H3,(H,17,23)(H,18,22)(H2,19,20,21,24)/t9-,11-,12+/m0/s1. The molecular weight excluding hydrogens is 310 g/mol. The number of rotatable bonds is 6. The number of nitrogens with zero attached hydrogens (tertiary/aromatic N) is 1. The number of hydrogen-bond donors (Lipinski definition) is 4. The maximum atomic E-state index is 12.1. The summed E-state index contributed by atoms with van der Waals surface area (Å²) in [5.41, 5.74) is 0.866. The van der Waals surface area contributed by atoms with Gasteiger partial charge in [-0.2, -0.15) is 5.10 Å². The predicted molar refractivity (Wildman–Crippen MR) is 89.2 cm³/mol. The monoisotopic (exact) mass is 335 g/mol. The van der Waals surface area contributed by atoms with E-state index in [1.807, 2.05) is 0 Å². The maximum Gasteiger partial charge on any atom is 0.247 e. The lowest BCUT2D eigenvalue weighted by Crippen LogP contribution is -2.43. The summed E-state index contributed by atoms with van der Waals surface area (Å²) in [5, 5.41) is 15.2. The van der Waals surface area contributed by atoms with Crippen LogP contribution >= 0.6 is 0 Å². The second kappa shape index (κ2) is 7.46. The predicted octanol–water partition coefficient (Wildman–Crippen LogP) is 0.891. The van der Waals surface area contributed by atoms with Crippen molar-refractivity contribution in [3.63, 3.8) is 0 Å². The van der Waals surface area contributed by atoms with E-state index in [0.717, 1.165) is 18.5 Å². The highest BCUT2D eigenvalue weighted by Crippen LogP contribution is 2.36. The zero-order valence-corrected chi connectivity index (χ0v) is 14.5. The zero-order valence-electron chi connectivity index (χ0n) is 14.5. The number of aromatic nitrogens is 2. The minimum atomic E-state index is -0.625. The molecule has 1 fully saturated rings. The van der Waals surface area contributed by atoms with Crippen LogP contribution in [0, 0.1) is 5.92 Å². The van der Waals surface area contributed by atoms with E-state index in [0.29, 0.717) is 5.82 Å². The summed E-state index contributed by atoms with van der Waals surface area (Å²) in [5.74, 6) is 0.121. The van der Waals surface area contributed by atoms with E-state index in [4.69, 9.17) is 0 Å². The second-order valence-corrected chi connectivity index (χ2v) is 6.65. The van der Waals surface area contributed by atoms with Gasteiger partial charge in [0.05, 0.1) is 5.69 Å². The SMILES string of the molecule is CC(=O)N[C@H]1C[C@@H](c2cc(NC(=O)[C@H](C)NC(=O)C(C)C)[nH]n2)C1. The van der Waals surface area contributed by atoms with E-state index >= 15 is 0 Å². The van der Waals surface area contributed by atoms with Crippen LogP contribution in [0.3, 0.4) is 0 Å². The molecule has 0 saturated heterocycles. The molecule has 1 atom stereocenters. The first-order valence-corrected chi connectivity index (χ1v) is 8.20. The summed E-state index contributed by atoms with van der Waals surface area (Å²) in [6, 6.07) is 1.37. The lowest BCUT2D eigenvalue weighted by molar-refractivity contribution is -0.128. The first-order valence-electron chi connectivity index (χ1n) is 8.20. The number of H-pyrrole nitrogens is 1. The van der Waals surface area contributed by atoms with Crippen LogP contribution in [0.5, 0.6) is 0 Å². The molecule has 0 aromatic carbocycles. The lowest BCUT2D eigenvalue weighted by atomic mass is 9.78. The van der Waals surface area contributed by atoms with Gasteiger partial charge in [-0.1, -0.05) is 13.8 Å². The van der Waals surface area contributed by atoms with Crippen molar-refractivity contribution in [2.45, 2.75) is 58.5 Å². The van der Waals surface area contributed by atoms with E-state index in [-0.39, 0.29) is 35.6 Å². The molecule has 0 spiro atoms. The largest absolute Gasteiger partial charge is 0.354 e. The highest BCUT2D eigenvalue weighted by molar-refractivity contribution is 5.96. The normalized spacial score (nSPS) is 20.9. The Bertz CT molecular complexity index is 619. The topological polar surface area (TPSA) is 116 Å². The summed E-state index contributed by atoms with van der Waals surface area (Å²) in [6.45, 7) is 6.69. The molecule has 1 aliphatic carbocycles. The third-order valence-corrected chi connectivity index (χ3v) is 4.10. The van der Waals surface area contributed by atoms with Gasteiger partial charge in [0.1, 0.15) is 11.9 Å². The molecule has 1 saturated carbocycles. The highest BCUT2D eigenvalue weighted by atomic mass is 16.2. The fourth-order valence-electron chi connectivity index (χ4n) is 2.56. The molecule has 0 unspecified atom stereocenters. The average molecular weight is 335 g/mol. The van der Waals surface area contributed by atoms with Crippen molar-refractivity contribution in [2.75, 3.05) is 5.32 Å². The van der Waals surface area contributed by atoms with Gasteiger partial charge in [0, 0.05) is 30.9 Å². The van der Waals surface area contributed by atoms with E-state index < -0.39 is 6.04 Å². The molecule has 0 aliphatic heterocycles. The van der Waals surface area contributed by atoms with Crippen molar-refractivity contribution in [1.29, 1.82) is 0 Å². The Morgan fingerprint density at radius 1 is 1.21 bits per heavy atom. The Morgan fingerprint density at radius 2 is 1.88 bits per heavy atom. The van der Waals surface area contributed by atoms with Crippen LogP contribution in [0.25, 0.3) is 0 Å². The molecular formula is C16H25N5O3. The van der Waals surface area contributed by atoms with Crippen LogP contribution in [0.2, 0.25) is 0 Å². The van der Waals surface area contributed by atoms with Crippen molar-refractivity contribution in [1.82, 2.24) is 20.8 Å². The van der Waals surface area contributed by atoms with E-state index in [1.54, 1.807) is 26.8 Å². The molecule has 1 aromatic heterocycles. The van der Waals surface area contributed by atoms with E-state index in [2.05, 4.69) is 26.1 Å². The van der Waals surface area contributed by atoms with Gasteiger partial charge in [0.15, 0.2) is 0 Å². The van der Waals surface area contributed by atoms with Crippen molar-refractivity contribution in [2.24, 2.45) is 5.92 Å². The number of carbonyl (C=O) groups excluding carboxylic acids is 3. The zero-order chi connectivity index (χ0) is 17.9. The van der Waals surface area contributed by atoms with Crippen LogP contribution in [-0.2, 0) is 14.4 Å². The van der Waals surface area contributed by atoms with Gasteiger partial charge >= 0.3 is 0 Å². The van der Waals surface area contributed by atoms with Crippen LogP contribution in [-0.4, -0.2) is 40.0 Å². The van der Waals surface area contributed by atoms with Gasteiger partial charge in [0.2, 0.25) is 17.7 Å². The van der Waals surface area contributed by atoms with Gasteiger partial charge in [-0.25, -0.2) is 0 Å². The molecule has 1 aliphatic rings. The number of nitrogens with one attached hydrogen (secondary N) is 4. The Hall–Kier alpha value is -2.38. The number of hydrogen-bond acceptors (Lipinski definition) is 4. The number of anilines is 1. The Balaban J connectivity index is 1.82. The van der Waals surface area contributed by atoms with Gasteiger partial charge in [-0.05, 0) is 19.8 Å². The van der Waals surface area contributed by atoms with Crippen molar-refractivity contribution in [3.05, 3.63) is 11.8 Å². The summed E-state index contributed by atoms with van der Waals surface area (Å²) in [4.78, 5) is 34.7. The van der Waals surface area contributed by atoms with Crippen molar-refractivity contribution < 1.29 is 14.4 Å². The summed E-state index contributed by atoms with van der Waals surface area (Å²) in [7, 11) is 0. The summed E-state index contributed by atoms with van der Waals surface area (Å²) < 4.78 is 0. The molecule has 3 amide bonds. The first-order chi connectivity index (χ1) is 11.3. The molecule has 4 N–H and O–H groups in total.